The molecule has 1 aliphatic rings. The first kappa shape index (κ1) is 23.3. The lowest BCUT2D eigenvalue weighted by Crippen LogP contribution is -2.29. The molecule has 0 saturated heterocycles. The highest BCUT2D eigenvalue weighted by Gasteiger charge is 2.18. The number of aromatic amines is 1. The first-order valence-corrected chi connectivity index (χ1v) is 11.3. The Bertz CT molecular complexity index is 1300. The van der Waals surface area contributed by atoms with Gasteiger partial charge in [-0.3, -0.25) is 4.90 Å². The number of hydrogen-bond acceptors (Lipinski definition) is 4. The average molecular weight is 459 g/mol. The van der Waals surface area contributed by atoms with Gasteiger partial charge in [0, 0.05) is 60.6 Å². The number of benzene rings is 2. The van der Waals surface area contributed by atoms with Gasteiger partial charge in [0.1, 0.15) is 5.75 Å². The molecular weight excluding hydrogens is 428 g/mol. The van der Waals surface area contributed by atoms with Crippen LogP contribution in [0.15, 0.2) is 67.1 Å². The van der Waals surface area contributed by atoms with Gasteiger partial charge in [-0.15, -0.1) is 0 Å². The molecule has 0 amide bonds. The summed E-state index contributed by atoms with van der Waals surface area (Å²) in [6, 6.07) is 12.6. The van der Waals surface area contributed by atoms with Gasteiger partial charge in [-0.1, -0.05) is 18.2 Å². The van der Waals surface area contributed by atoms with E-state index in [1.54, 1.807) is 37.4 Å². The third kappa shape index (κ3) is 5.21. The van der Waals surface area contributed by atoms with Gasteiger partial charge in [0.2, 0.25) is 0 Å². The predicted molar refractivity (Wildman–Crippen MR) is 134 cm³/mol. The summed E-state index contributed by atoms with van der Waals surface area (Å²) in [6.07, 6.45) is 9.30. The Kier molecular flexibility index (Phi) is 7.13. The molecule has 34 heavy (non-hydrogen) atoms. The van der Waals surface area contributed by atoms with Crippen molar-refractivity contribution < 1.29 is 14.6 Å². The van der Waals surface area contributed by atoms with Crippen LogP contribution in [-0.2, 0) is 6.54 Å². The third-order valence-electron chi connectivity index (χ3n) is 6.01. The number of hydrogen-bond donors (Lipinski definition) is 2. The van der Waals surface area contributed by atoms with Gasteiger partial charge in [-0.25, -0.2) is 9.48 Å². The number of aromatic carboxylic acids is 1. The number of carbonyl (C=O) groups is 1. The van der Waals surface area contributed by atoms with Crippen LogP contribution in [0.1, 0.15) is 33.5 Å². The van der Waals surface area contributed by atoms with E-state index in [0.717, 1.165) is 31.8 Å². The highest BCUT2D eigenvalue weighted by molar-refractivity contribution is 5.88. The maximum Gasteiger partial charge on any atom is 0.335 e. The van der Waals surface area contributed by atoms with Crippen molar-refractivity contribution in [3.8, 4) is 5.75 Å². The van der Waals surface area contributed by atoms with Crippen LogP contribution in [0.4, 0.5) is 0 Å². The maximum absolute atomic E-state index is 10.2. The van der Waals surface area contributed by atoms with Crippen LogP contribution in [0.3, 0.4) is 0 Å². The van der Waals surface area contributed by atoms with E-state index < -0.39 is 5.97 Å². The molecule has 2 N–H and O–H groups in total. The largest absolute Gasteiger partial charge is 0.496 e. The number of carboxylic acids is 1. The summed E-state index contributed by atoms with van der Waals surface area (Å²) < 4.78 is 7.67. The molecule has 7 nitrogen and oxygen atoms in total. The van der Waals surface area contributed by atoms with E-state index >= 15 is 0 Å². The van der Waals surface area contributed by atoms with E-state index in [1.807, 2.05) is 17.1 Å². The van der Waals surface area contributed by atoms with Gasteiger partial charge >= 0.3 is 5.97 Å². The van der Waals surface area contributed by atoms with E-state index in [-0.39, 0.29) is 0 Å². The van der Waals surface area contributed by atoms with E-state index in [9.17, 15) is 4.79 Å². The molecule has 0 unspecified atom stereocenters. The van der Waals surface area contributed by atoms with Gasteiger partial charge in [0.05, 0.1) is 18.9 Å². The molecule has 0 bridgehead atoms. The number of fused-ring (bicyclic) bond motifs is 1. The summed E-state index contributed by atoms with van der Waals surface area (Å²) in [5.74, 6) is 0.0951. The van der Waals surface area contributed by atoms with E-state index in [4.69, 9.17) is 9.84 Å². The molecule has 0 fully saturated rings. The van der Waals surface area contributed by atoms with Crippen LogP contribution < -0.4 is 4.74 Å². The van der Waals surface area contributed by atoms with Crippen molar-refractivity contribution >= 4 is 22.6 Å². The lowest BCUT2D eigenvalue weighted by atomic mass is 10.0. The minimum absolute atomic E-state index is 0.331. The zero-order valence-electron chi connectivity index (χ0n) is 19.8. The zero-order chi connectivity index (χ0) is 24.1. The molecular formula is C27H30N4O3. The Hall–Kier alpha value is -3.84. The van der Waals surface area contributed by atoms with Gasteiger partial charge < -0.3 is 14.8 Å². The zero-order valence-corrected chi connectivity index (χ0v) is 19.8. The molecule has 0 saturated carbocycles. The van der Waals surface area contributed by atoms with Gasteiger partial charge in [0.15, 0.2) is 0 Å². The topological polar surface area (TPSA) is 83.4 Å². The Morgan fingerprint density at radius 3 is 2.59 bits per heavy atom. The lowest BCUT2D eigenvalue weighted by Gasteiger charge is -2.27. The summed E-state index contributed by atoms with van der Waals surface area (Å²) in [7, 11) is 1.75. The number of nitrogens with one attached hydrogen (secondary N) is 1. The van der Waals surface area contributed by atoms with Gasteiger partial charge in [-0.2, -0.15) is 5.10 Å². The summed E-state index contributed by atoms with van der Waals surface area (Å²) >= 11 is 0. The molecule has 3 heterocycles. The van der Waals surface area contributed by atoms with E-state index in [0.29, 0.717) is 5.56 Å². The first-order valence-electron chi connectivity index (χ1n) is 11.3. The van der Waals surface area contributed by atoms with Crippen molar-refractivity contribution in [2.75, 3.05) is 20.2 Å². The van der Waals surface area contributed by atoms with Crippen LogP contribution in [0.25, 0.3) is 16.6 Å². The van der Waals surface area contributed by atoms with Crippen LogP contribution in [0.5, 0.6) is 5.75 Å². The fourth-order valence-corrected chi connectivity index (χ4v) is 4.21. The quantitative estimate of drug-likeness (QED) is 0.434. The predicted octanol–water partition coefficient (Wildman–Crippen LogP) is 5.12. The van der Waals surface area contributed by atoms with Crippen molar-refractivity contribution in [3.05, 3.63) is 89.4 Å². The number of ether oxygens (including phenoxy) is 1. The average Bonchev–Trinajstić information content (AvgIpc) is 3.52. The monoisotopic (exact) mass is 458 g/mol. The molecule has 2 aromatic carbocycles. The van der Waals surface area contributed by atoms with E-state index in [1.165, 1.54) is 33.3 Å². The molecule has 2 aromatic heterocycles. The highest BCUT2D eigenvalue weighted by Crippen LogP contribution is 2.32. The second-order valence-corrected chi connectivity index (χ2v) is 8.45. The number of H-pyrrole nitrogens is 1. The number of nitrogens with zero attached hydrogens (tertiary/aromatic N) is 3. The molecule has 4 aromatic rings. The van der Waals surface area contributed by atoms with Crippen LogP contribution in [-0.4, -0.2) is 50.9 Å². The minimum Gasteiger partial charge on any atom is -0.496 e. The van der Waals surface area contributed by atoms with Crippen molar-refractivity contribution in [1.29, 1.82) is 0 Å². The molecule has 7 heteroatoms. The summed E-state index contributed by atoms with van der Waals surface area (Å²) in [5.41, 5.74) is 6.50. The Morgan fingerprint density at radius 2 is 2.00 bits per heavy atom. The summed E-state index contributed by atoms with van der Waals surface area (Å²) in [4.78, 5) is 16.0. The number of aromatic nitrogens is 3. The Labute approximate surface area is 199 Å². The fraction of sp³-hybridized carbons (Fsp3) is 0.259. The van der Waals surface area contributed by atoms with E-state index in [2.05, 4.69) is 53.2 Å². The smallest absolute Gasteiger partial charge is 0.335 e. The second-order valence-electron chi connectivity index (χ2n) is 8.45. The van der Waals surface area contributed by atoms with Gasteiger partial charge in [0.25, 0.3) is 0 Å². The van der Waals surface area contributed by atoms with Crippen LogP contribution in [0.2, 0.25) is 0 Å². The molecule has 0 spiro atoms. The maximum atomic E-state index is 10.2. The fourth-order valence-electron chi connectivity index (χ4n) is 4.21. The highest BCUT2D eigenvalue weighted by atomic mass is 16.5. The van der Waals surface area contributed by atoms with Gasteiger partial charge in [-0.05, 0) is 55.3 Å². The van der Waals surface area contributed by atoms with Crippen molar-refractivity contribution in [2.45, 2.75) is 26.8 Å². The summed E-state index contributed by atoms with van der Waals surface area (Å²) in [5, 5.41) is 14.1. The van der Waals surface area contributed by atoms with Crippen molar-refractivity contribution in [1.82, 2.24) is 19.7 Å². The van der Waals surface area contributed by atoms with Crippen LogP contribution >= 0.6 is 0 Å². The minimum atomic E-state index is -0.879. The van der Waals surface area contributed by atoms with Crippen molar-refractivity contribution in [2.24, 2.45) is 0 Å². The standard InChI is InChI=1S/C20H24N4O.C7H6O2/c1-14-11-22-24(12-14)16-5-8-23(9-6-16)13-18-17-4-7-21-20(17)15(2)10-19(18)25-3;8-7(9)6-4-2-1-3-5-6/h4-5,7,10-12,21H,6,8-9,13H2,1-3H3;1-5H,(H,8,9). The number of carboxylic acid groups (broad SMARTS) is 1. The molecule has 176 valence electrons. The lowest BCUT2D eigenvalue weighted by molar-refractivity contribution is 0.0697. The van der Waals surface area contributed by atoms with Crippen molar-refractivity contribution in [3.63, 3.8) is 0 Å². The molecule has 0 aliphatic carbocycles. The number of aryl methyl sites for hydroxylation is 2. The molecule has 0 radical (unpaired) electrons. The SMILES string of the molecule is COc1cc(C)c2[nH]ccc2c1CN1CC=C(n2cc(C)cn2)CC1.O=C(O)c1ccccc1. The number of rotatable bonds is 5. The summed E-state index contributed by atoms with van der Waals surface area (Å²) in [6.45, 7) is 7.03. The Balaban J connectivity index is 0.000000257. The molecule has 1 aliphatic heterocycles. The Morgan fingerprint density at radius 1 is 1.21 bits per heavy atom. The molecule has 5 rings (SSSR count). The normalized spacial score (nSPS) is 13.8. The molecule has 0 atom stereocenters. The third-order valence-corrected chi connectivity index (χ3v) is 6.01. The van der Waals surface area contributed by atoms with Crippen LogP contribution in [0, 0.1) is 13.8 Å². The first-order chi connectivity index (χ1) is 16.5. The second kappa shape index (κ2) is 10.4. The number of methoxy groups -OCH3 is 1.